The van der Waals surface area contributed by atoms with Crippen molar-refractivity contribution in [1.82, 2.24) is 16.0 Å². The maximum atomic E-state index is 12.4. The van der Waals surface area contributed by atoms with Crippen LogP contribution in [0.5, 0.6) is 0 Å². The number of aliphatic carboxylic acids is 2. The first-order valence-electron chi connectivity index (χ1n) is 9.24. The van der Waals surface area contributed by atoms with Gasteiger partial charge < -0.3 is 51.4 Å². The Hall–Kier alpha value is -2.71. The van der Waals surface area contributed by atoms with E-state index >= 15 is 0 Å². The zero-order chi connectivity index (χ0) is 24.0. The Morgan fingerprint density at radius 2 is 1.55 bits per heavy atom. The average Bonchev–Trinajstić information content (AvgIpc) is 2.71. The number of carbonyl (C=O) groups is 6. The van der Waals surface area contributed by atoms with Gasteiger partial charge in [0.25, 0.3) is 5.91 Å². The number of aliphatic hydroxyl groups excluding tert-OH is 1. The van der Waals surface area contributed by atoms with Crippen LogP contribution in [0.2, 0.25) is 0 Å². The maximum absolute atomic E-state index is 12.4. The topological polar surface area (TPSA) is 232 Å². The quantitative estimate of drug-likeness (QED) is 0.136. The lowest BCUT2D eigenvalue weighted by Crippen LogP contribution is -2.69. The van der Waals surface area contributed by atoms with Crippen molar-refractivity contribution < 1.29 is 49.8 Å². The number of hydrogen-bond acceptors (Lipinski definition) is 10. The van der Waals surface area contributed by atoms with Crippen LogP contribution < -0.4 is 31.9 Å². The second-order valence-electron chi connectivity index (χ2n) is 6.52. The number of hydrogen-bond donors (Lipinski definition) is 5. The van der Waals surface area contributed by atoms with Gasteiger partial charge in [0.2, 0.25) is 11.8 Å². The number of carbonyl (C=O) groups excluding carboxylic acids is 6. The molecule has 0 aliphatic rings. The lowest BCUT2D eigenvalue weighted by Gasteiger charge is -2.24. The monoisotopic (exact) mass is 463 g/mol. The van der Waals surface area contributed by atoms with Gasteiger partial charge in [-0.1, -0.05) is 0 Å². The summed E-state index contributed by atoms with van der Waals surface area (Å²) in [6, 6.07) is -5.00. The molecule has 0 unspecified atom stereocenters. The van der Waals surface area contributed by atoms with E-state index in [4.69, 9.17) is 0 Å². The summed E-state index contributed by atoms with van der Waals surface area (Å²) in [5.74, 6) is -5.01. The largest absolute Gasteiger partial charge is 0.550 e. The van der Waals surface area contributed by atoms with E-state index in [0.29, 0.717) is 5.75 Å². The standard InChI is InChI=1S/C17H28N4O9S/c1-31-5-4-11(16(29)19-9(7-22)6-14(26)27)20-17(30)12(8-23)21-15(28)10(18)2-3-13(24)25/h7,9-12,23H,2-6,8,18H2,1H3,(H,19,29)(H,20,30)(H,21,28)(H,24,25)(H,26,27)/p-1/t9-,10-,11-,12-/m0/s1. The summed E-state index contributed by atoms with van der Waals surface area (Å²) in [4.78, 5) is 68.9. The average molecular weight is 463 g/mol. The molecule has 0 saturated carbocycles. The fraction of sp³-hybridized carbons (Fsp3) is 0.647. The molecule has 0 radical (unpaired) electrons. The molecule has 0 aliphatic carbocycles. The molecule has 31 heavy (non-hydrogen) atoms. The van der Waals surface area contributed by atoms with Gasteiger partial charge in [-0.3, -0.25) is 14.4 Å². The molecule has 0 bridgehead atoms. The highest BCUT2D eigenvalue weighted by molar-refractivity contribution is 7.98. The van der Waals surface area contributed by atoms with Crippen LogP contribution in [0.15, 0.2) is 0 Å². The molecule has 176 valence electrons. The van der Waals surface area contributed by atoms with Crippen molar-refractivity contribution >= 4 is 47.7 Å². The van der Waals surface area contributed by atoms with E-state index in [2.05, 4.69) is 21.7 Å². The normalized spacial score (nSPS) is 14.4. The summed E-state index contributed by atoms with van der Waals surface area (Å²) in [5.41, 5.74) is 3.48. The van der Waals surface area contributed by atoms with E-state index < -0.39 is 73.3 Å². The third-order valence-corrected chi connectivity index (χ3v) is 4.65. The highest BCUT2D eigenvalue weighted by atomic mass is 32.2. The Bertz CT molecular complexity index is 662. The molecule has 0 heterocycles. The predicted molar refractivity (Wildman–Crippen MR) is 102 cm³/mol. The Kier molecular flexibility index (Phi) is 13.8. The van der Waals surface area contributed by atoms with Crippen molar-refractivity contribution in [3.8, 4) is 0 Å². The van der Waals surface area contributed by atoms with Crippen LogP contribution in [0.1, 0.15) is 25.7 Å². The Balaban J connectivity index is 5.09. The summed E-state index contributed by atoms with van der Waals surface area (Å²) >= 11 is 1.36. The van der Waals surface area contributed by atoms with Crippen LogP contribution in [0.3, 0.4) is 0 Å². The number of amides is 3. The summed E-state index contributed by atoms with van der Waals surface area (Å²) in [6.07, 6.45) is 0.782. The third kappa shape index (κ3) is 11.9. The van der Waals surface area contributed by atoms with E-state index in [1.807, 2.05) is 0 Å². The van der Waals surface area contributed by atoms with Crippen molar-refractivity contribution in [2.45, 2.75) is 49.9 Å². The first-order valence-corrected chi connectivity index (χ1v) is 10.6. The molecule has 14 heteroatoms. The first-order chi connectivity index (χ1) is 14.5. The molecular weight excluding hydrogens is 436 g/mol. The summed E-state index contributed by atoms with van der Waals surface area (Å²) in [7, 11) is 0. The summed E-state index contributed by atoms with van der Waals surface area (Å²) in [6.45, 7) is -0.816. The molecule has 0 aromatic carbocycles. The molecular formula is C17H27N4O9S-. The maximum Gasteiger partial charge on any atom is 0.278 e. The molecule has 0 saturated heterocycles. The van der Waals surface area contributed by atoms with E-state index in [1.54, 1.807) is 6.26 Å². The molecule has 4 atom stereocenters. The minimum Gasteiger partial charge on any atom is -0.550 e. The van der Waals surface area contributed by atoms with Gasteiger partial charge in [-0.15, -0.1) is 0 Å². The highest BCUT2D eigenvalue weighted by Gasteiger charge is 2.29. The predicted octanol–water partition coefficient (Wildman–Crippen LogP) is -6.33. The molecule has 0 aromatic heterocycles. The van der Waals surface area contributed by atoms with E-state index in [9.17, 15) is 44.1 Å². The van der Waals surface area contributed by atoms with Gasteiger partial charge in [0.1, 0.15) is 18.4 Å². The smallest absolute Gasteiger partial charge is 0.278 e. The zero-order valence-electron chi connectivity index (χ0n) is 17.0. The van der Waals surface area contributed by atoms with Crippen molar-refractivity contribution in [2.24, 2.45) is 0 Å². The van der Waals surface area contributed by atoms with Gasteiger partial charge in [-0.05, 0) is 24.9 Å². The van der Waals surface area contributed by atoms with E-state index in [1.165, 1.54) is 11.8 Å². The SMILES string of the molecule is CSCC[C@H](NC(=O)[C@H](CO)NC(=O)[C@@H]([NH3+])CCC(=O)[O-])C(=O)N[C@H](C=O)CC(=O)[O-]. The molecule has 0 aliphatic heterocycles. The number of nitrogens with one attached hydrogen (secondary N) is 3. The van der Waals surface area contributed by atoms with Gasteiger partial charge in [-0.2, -0.15) is 11.8 Å². The van der Waals surface area contributed by atoms with Gasteiger partial charge in [0.05, 0.1) is 12.6 Å². The second-order valence-corrected chi connectivity index (χ2v) is 7.51. The fourth-order valence-corrected chi connectivity index (χ4v) is 2.75. The van der Waals surface area contributed by atoms with E-state index in [-0.39, 0.29) is 19.1 Å². The third-order valence-electron chi connectivity index (χ3n) is 4.01. The Morgan fingerprint density at radius 1 is 0.968 bits per heavy atom. The van der Waals surface area contributed by atoms with Crippen molar-refractivity contribution in [3.05, 3.63) is 0 Å². The van der Waals surface area contributed by atoms with Crippen molar-refractivity contribution in [2.75, 3.05) is 18.6 Å². The highest BCUT2D eigenvalue weighted by Crippen LogP contribution is 2.03. The van der Waals surface area contributed by atoms with Crippen LogP contribution in [-0.2, 0) is 28.8 Å². The molecule has 0 spiro atoms. The summed E-state index contributed by atoms with van der Waals surface area (Å²) in [5, 5.41) is 37.3. The molecule has 7 N–H and O–H groups in total. The van der Waals surface area contributed by atoms with Crippen LogP contribution in [-0.4, -0.2) is 83.8 Å². The minimum absolute atomic E-state index is 0.116. The minimum atomic E-state index is -1.55. The molecule has 0 aromatic rings. The number of thioether (sulfide) groups is 1. The van der Waals surface area contributed by atoms with Gasteiger partial charge in [0, 0.05) is 24.8 Å². The number of carboxylic acids is 2. The summed E-state index contributed by atoms with van der Waals surface area (Å²) < 4.78 is 0. The number of quaternary nitrogens is 1. The number of aliphatic hydroxyl groups is 1. The van der Waals surface area contributed by atoms with Crippen LogP contribution in [0.25, 0.3) is 0 Å². The van der Waals surface area contributed by atoms with Gasteiger partial charge >= 0.3 is 0 Å². The number of aldehydes is 1. The van der Waals surface area contributed by atoms with E-state index in [0.717, 1.165) is 0 Å². The molecule has 3 amide bonds. The van der Waals surface area contributed by atoms with Gasteiger partial charge in [-0.25, -0.2) is 0 Å². The second kappa shape index (κ2) is 15.1. The lowest BCUT2D eigenvalue weighted by atomic mass is 10.1. The van der Waals surface area contributed by atoms with Gasteiger partial charge in [0.15, 0.2) is 6.04 Å². The lowest BCUT2D eigenvalue weighted by molar-refractivity contribution is -0.406. The van der Waals surface area contributed by atoms with Crippen LogP contribution in [0.4, 0.5) is 0 Å². The Labute approximate surface area is 182 Å². The van der Waals surface area contributed by atoms with Crippen molar-refractivity contribution in [1.29, 1.82) is 0 Å². The number of rotatable bonds is 16. The Morgan fingerprint density at radius 3 is 2.03 bits per heavy atom. The molecule has 13 nitrogen and oxygen atoms in total. The van der Waals surface area contributed by atoms with Crippen LogP contribution >= 0.6 is 11.8 Å². The molecule has 0 rings (SSSR count). The zero-order valence-corrected chi connectivity index (χ0v) is 17.8. The fourth-order valence-electron chi connectivity index (χ4n) is 2.28. The van der Waals surface area contributed by atoms with Crippen LogP contribution in [0, 0.1) is 0 Å². The molecule has 0 fully saturated rings. The van der Waals surface area contributed by atoms with Crippen molar-refractivity contribution in [3.63, 3.8) is 0 Å². The number of carboxylic acid groups (broad SMARTS) is 2. The first kappa shape index (κ1) is 28.3.